The lowest BCUT2D eigenvalue weighted by molar-refractivity contribution is 0.0746. The molecule has 8 nitrogen and oxygen atoms in total. The summed E-state index contributed by atoms with van der Waals surface area (Å²) in [7, 11) is 0. The largest absolute Gasteiger partial charge is 0.353 e. The molecule has 0 unspecified atom stereocenters. The highest BCUT2D eigenvalue weighted by Crippen LogP contribution is 2.32. The standard InChI is InChI=1S/C26H25N5O3/c1-16-4-7-22(17(2)12-16)31-25(33)20-6-5-19(14-21(20)26(31)34)24(32)30-10-8-29(9-11-30)23-13-18(3)27-15-28-23/h4-7,12-15H,8-11H2,1-3H3. The van der Waals surface area contributed by atoms with Crippen LogP contribution < -0.4 is 9.80 Å². The molecule has 8 heteroatoms. The maximum atomic E-state index is 13.2. The van der Waals surface area contributed by atoms with E-state index in [4.69, 9.17) is 0 Å². The van der Waals surface area contributed by atoms with Crippen molar-refractivity contribution in [1.29, 1.82) is 0 Å². The molecule has 5 rings (SSSR count). The van der Waals surface area contributed by atoms with Crippen molar-refractivity contribution in [3.63, 3.8) is 0 Å². The van der Waals surface area contributed by atoms with E-state index < -0.39 is 5.91 Å². The summed E-state index contributed by atoms with van der Waals surface area (Å²) in [6, 6.07) is 12.3. The van der Waals surface area contributed by atoms with E-state index in [1.807, 2.05) is 39.0 Å². The zero-order chi connectivity index (χ0) is 24.0. The molecular weight excluding hydrogens is 430 g/mol. The van der Waals surface area contributed by atoms with E-state index in [1.165, 1.54) is 4.90 Å². The van der Waals surface area contributed by atoms with E-state index in [0.29, 0.717) is 43.0 Å². The first kappa shape index (κ1) is 21.8. The predicted octanol–water partition coefficient (Wildman–Crippen LogP) is 3.16. The summed E-state index contributed by atoms with van der Waals surface area (Å²) >= 11 is 0. The number of benzene rings is 2. The Morgan fingerprint density at radius 1 is 0.824 bits per heavy atom. The average Bonchev–Trinajstić information content (AvgIpc) is 3.08. The topological polar surface area (TPSA) is 86.7 Å². The van der Waals surface area contributed by atoms with Gasteiger partial charge in [0.2, 0.25) is 0 Å². The van der Waals surface area contributed by atoms with E-state index in [-0.39, 0.29) is 17.4 Å². The number of hydrogen-bond donors (Lipinski definition) is 0. The maximum absolute atomic E-state index is 13.2. The van der Waals surface area contributed by atoms with Crippen LogP contribution in [0.25, 0.3) is 0 Å². The number of carbonyl (C=O) groups excluding carboxylic acids is 3. The van der Waals surface area contributed by atoms with E-state index in [0.717, 1.165) is 22.6 Å². The summed E-state index contributed by atoms with van der Waals surface area (Å²) in [6.45, 7) is 8.16. The number of aryl methyl sites for hydroxylation is 3. The number of piperazine rings is 1. The third-order valence-corrected chi connectivity index (χ3v) is 6.41. The maximum Gasteiger partial charge on any atom is 0.266 e. The van der Waals surface area contributed by atoms with Crippen molar-refractivity contribution in [2.75, 3.05) is 36.0 Å². The van der Waals surface area contributed by atoms with Gasteiger partial charge in [0.15, 0.2) is 0 Å². The minimum Gasteiger partial charge on any atom is -0.353 e. The minimum absolute atomic E-state index is 0.147. The molecule has 3 amide bonds. The second-order valence-corrected chi connectivity index (χ2v) is 8.79. The van der Waals surface area contributed by atoms with Gasteiger partial charge in [0.05, 0.1) is 16.8 Å². The normalized spacial score (nSPS) is 15.7. The molecule has 1 aromatic heterocycles. The number of fused-ring (bicyclic) bond motifs is 1. The molecule has 3 aromatic rings. The molecule has 2 aromatic carbocycles. The van der Waals surface area contributed by atoms with Gasteiger partial charge in [-0.15, -0.1) is 0 Å². The molecule has 34 heavy (non-hydrogen) atoms. The van der Waals surface area contributed by atoms with Gasteiger partial charge in [0, 0.05) is 43.5 Å². The minimum atomic E-state index is -0.398. The van der Waals surface area contributed by atoms with Crippen molar-refractivity contribution in [1.82, 2.24) is 14.9 Å². The molecule has 2 aliphatic rings. The first-order chi connectivity index (χ1) is 16.3. The Kier molecular flexibility index (Phi) is 5.36. The lowest BCUT2D eigenvalue weighted by Crippen LogP contribution is -2.49. The summed E-state index contributed by atoms with van der Waals surface area (Å²) in [5.41, 5.74) is 4.38. The summed E-state index contributed by atoms with van der Waals surface area (Å²) in [6.07, 6.45) is 1.55. The Morgan fingerprint density at radius 3 is 2.26 bits per heavy atom. The Labute approximate surface area is 197 Å². The van der Waals surface area contributed by atoms with E-state index in [9.17, 15) is 14.4 Å². The fraction of sp³-hybridized carbons (Fsp3) is 0.269. The van der Waals surface area contributed by atoms with Gasteiger partial charge < -0.3 is 9.80 Å². The SMILES string of the molecule is Cc1ccc(N2C(=O)c3ccc(C(=O)N4CCN(c5cc(C)ncn5)CC4)cc3C2=O)c(C)c1. The van der Waals surface area contributed by atoms with E-state index >= 15 is 0 Å². The fourth-order valence-corrected chi connectivity index (χ4v) is 4.58. The Hall–Kier alpha value is -4.07. The zero-order valence-corrected chi connectivity index (χ0v) is 19.4. The first-order valence-corrected chi connectivity index (χ1v) is 11.3. The van der Waals surface area contributed by atoms with Crippen LogP contribution in [0.1, 0.15) is 47.9 Å². The fourth-order valence-electron chi connectivity index (χ4n) is 4.58. The summed E-state index contributed by atoms with van der Waals surface area (Å²) < 4.78 is 0. The third-order valence-electron chi connectivity index (χ3n) is 6.41. The van der Waals surface area contributed by atoms with Crippen molar-refractivity contribution < 1.29 is 14.4 Å². The molecule has 0 bridgehead atoms. The van der Waals surface area contributed by atoms with E-state index in [2.05, 4.69) is 14.9 Å². The van der Waals surface area contributed by atoms with Crippen LogP contribution in [0.15, 0.2) is 48.8 Å². The molecule has 1 fully saturated rings. The van der Waals surface area contributed by atoms with Crippen LogP contribution in [0.5, 0.6) is 0 Å². The first-order valence-electron chi connectivity index (χ1n) is 11.3. The monoisotopic (exact) mass is 455 g/mol. The molecule has 3 heterocycles. The highest BCUT2D eigenvalue weighted by atomic mass is 16.2. The van der Waals surface area contributed by atoms with Crippen LogP contribution in [-0.4, -0.2) is 58.8 Å². The number of nitrogens with zero attached hydrogens (tertiary/aromatic N) is 5. The highest BCUT2D eigenvalue weighted by molar-refractivity contribution is 6.35. The van der Waals surface area contributed by atoms with Crippen molar-refractivity contribution in [3.8, 4) is 0 Å². The zero-order valence-electron chi connectivity index (χ0n) is 19.4. The molecule has 0 atom stereocenters. The van der Waals surface area contributed by atoms with Crippen molar-refractivity contribution in [3.05, 3.63) is 82.3 Å². The van der Waals surface area contributed by atoms with Gasteiger partial charge in [0.25, 0.3) is 17.7 Å². The number of anilines is 2. The highest BCUT2D eigenvalue weighted by Gasteiger charge is 2.38. The van der Waals surface area contributed by atoms with Gasteiger partial charge in [-0.1, -0.05) is 17.7 Å². The molecule has 0 spiro atoms. The van der Waals surface area contributed by atoms with Gasteiger partial charge in [0.1, 0.15) is 12.1 Å². The summed E-state index contributed by atoms with van der Waals surface area (Å²) in [4.78, 5) is 53.0. The quantitative estimate of drug-likeness (QED) is 0.564. The lowest BCUT2D eigenvalue weighted by Gasteiger charge is -2.35. The summed E-state index contributed by atoms with van der Waals surface area (Å²) in [5.74, 6) is -0.0514. The molecular formula is C26H25N5O3. The molecule has 0 saturated carbocycles. The molecule has 0 radical (unpaired) electrons. The van der Waals surface area contributed by atoms with Gasteiger partial charge in [-0.3, -0.25) is 14.4 Å². The van der Waals surface area contributed by atoms with Crippen LogP contribution in [-0.2, 0) is 0 Å². The molecule has 0 aliphatic carbocycles. The number of rotatable bonds is 3. The van der Waals surface area contributed by atoms with Crippen LogP contribution in [0.2, 0.25) is 0 Å². The van der Waals surface area contributed by atoms with Gasteiger partial charge in [-0.2, -0.15) is 0 Å². The van der Waals surface area contributed by atoms with Crippen molar-refractivity contribution >= 4 is 29.2 Å². The number of aromatic nitrogens is 2. The third kappa shape index (κ3) is 3.71. The number of imide groups is 1. The second-order valence-electron chi connectivity index (χ2n) is 8.79. The smallest absolute Gasteiger partial charge is 0.266 e. The van der Waals surface area contributed by atoms with E-state index in [1.54, 1.807) is 35.5 Å². The van der Waals surface area contributed by atoms with Gasteiger partial charge >= 0.3 is 0 Å². The molecule has 172 valence electrons. The Morgan fingerprint density at radius 2 is 1.56 bits per heavy atom. The van der Waals surface area contributed by atoms with Crippen LogP contribution in [0, 0.1) is 20.8 Å². The molecule has 1 saturated heterocycles. The number of amides is 3. The van der Waals surface area contributed by atoms with Crippen LogP contribution >= 0.6 is 0 Å². The van der Waals surface area contributed by atoms with Crippen LogP contribution in [0.4, 0.5) is 11.5 Å². The average molecular weight is 456 g/mol. The van der Waals surface area contributed by atoms with Crippen LogP contribution in [0.3, 0.4) is 0 Å². The predicted molar refractivity (Wildman–Crippen MR) is 128 cm³/mol. The summed E-state index contributed by atoms with van der Waals surface area (Å²) in [5, 5.41) is 0. The van der Waals surface area contributed by atoms with Crippen molar-refractivity contribution in [2.24, 2.45) is 0 Å². The van der Waals surface area contributed by atoms with Crippen molar-refractivity contribution in [2.45, 2.75) is 20.8 Å². The molecule has 2 aliphatic heterocycles. The van der Waals surface area contributed by atoms with Gasteiger partial charge in [-0.05, 0) is 50.6 Å². The number of carbonyl (C=O) groups is 3. The number of hydrogen-bond acceptors (Lipinski definition) is 6. The Bertz CT molecular complexity index is 1330. The second kappa shape index (κ2) is 8.37. The molecule has 0 N–H and O–H groups in total. The Balaban J connectivity index is 1.34. The lowest BCUT2D eigenvalue weighted by atomic mass is 10.0. The van der Waals surface area contributed by atoms with Gasteiger partial charge in [-0.25, -0.2) is 14.9 Å².